The molecule has 1 aromatic rings. The molecule has 0 saturated heterocycles. The zero-order valence-electron chi connectivity index (χ0n) is 11.5. The molecule has 1 heterocycles. The molecule has 0 aromatic carbocycles. The molecule has 0 N–H and O–H groups in total. The first-order valence-electron chi connectivity index (χ1n) is 5.88. The van der Waals surface area contributed by atoms with Crippen LogP contribution in [0.2, 0.25) is 0 Å². The third kappa shape index (κ3) is 3.60. The third-order valence-corrected chi connectivity index (χ3v) is 5.66. The van der Waals surface area contributed by atoms with Crippen LogP contribution in [0.15, 0.2) is 6.20 Å². The smallest absolute Gasteiger partial charge is 0.100 e. The highest BCUT2D eigenvalue weighted by atomic mass is 32.2. The highest BCUT2D eigenvalue weighted by molar-refractivity contribution is 7.84. The largest absolute Gasteiger partial charge is 0.250 e. The summed E-state index contributed by atoms with van der Waals surface area (Å²) in [7, 11) is -0.984. The van der Waals surface area contributed by atoms with E-state index in [1.807, 2.05) is 45.1 Å². The van der Waals surface area contributed by atoms with Gasteiger partial charge in [0.2, 0.25) is 0 Å². The van der Waals surface area contributed by atoms with Crippen molar-refractivity contribution in [2.45, 2.75) is 52.3 Å². The van der Waals surface area contributed by atoms with Crippen molar-refractivity contribution in [1.82, 2.24) is 9.29 Å². The van der Waals surface area contributed by atoms with Gasteiger partial charge in [-0.2, -0.15) is 0 Å². The number of hydrogen-bond acceptors (Lipinski definition) is 3. The van der Waals surface area contributed by atoms with Gasteiger partial charge in [-0.05, 0) is 34.6 Å². The first-order valence-corrected chi connectivity index (χ1v) is 7.80. The van der Waals surface area contributed by atoms with Crippen molar-refractivity contribution in [1.29, 1.82) is 0 Å². The van der Waals surface area contributed by atoms with Crippen LogP contribution in [0.3, 0.4) is 0 Å². The van der Waals surface area contributed by atoms with Gasteiger partial charge in [0.25, 0.3) is 0 Å². The van der Waals surface area contributed by atoms with Crippen LogP contribution in [-0.2, 0) is 11.0 Å². The molecule has 1 aromatic heterocycles. The summed E-state index contributed by atoms with van der Waals surface area (Å²) >= 11 is 1.68. The summed E-state index contributed by atoms with van der Waals surface area (Å²) in [6, 6.07) is 0.159. The van der Waals surface area contributed by atoms with Gasteiger partial charge in [-0.1, -0.05) is 6.92 Å². The predicted molar refractivity (Wildman–Crippen MR) is 75.5 cm³/mol. The first kappa shape index (κ1) is 14.8. The van der Waals surface area contributed by atoms with Crippen LogP contribution in [0.25, 0.3) is 0 Å². The Morgan fingerprint density at radius 2 is 2.12 bits per heavy atom. The molecule has 2 unspecified atom stereocenters. The lowest BCUT2D eigenvalue weighted by Crippen LogP contribution is -2.38. The maximum atomic E-state index is 12.4. The fourth-order valence-electron chi connectivity index (χ4n) is 1.60. The Labute approximate surface area is 111 Å². The lowest BCUT2D eigenvalue weighted by atomic mass is 10.3. The minimum Gasteiger partial charge on any atom is -0.250 e. The van der Waals surface area contributed by atoms with Crippen molar-refractivity contribution in [2.24, 2.45) is 0 Å². The van der Waals surface area contributed by atoms with Gasteiger partial charge >= 0.3 is 0 Å². The van der Waals surface area contributed by atoms with Crippen LogP contribution in [0.5, 0.6) is 0 Å². The second kappa shape index (κ2) is 5.59. The second-order valence-electron chi connectivity index (χ2n) is 5.05. The highest BCUT2D eigenvalue weighted by Gasteiger charge is 2.29. The number of aromatic nitrogens is 1. The van der Waals surface area contributed by atoms with Crippen LogP contribution in [0.1, 0.15) is 50.5 Å². The second-order valence-corrected chi connectivity index (χ2v) is 8.51. The van der Waals surface area contributed by atoms with Crippen molar-refractivity contribution in [3.8, 4) is 0 Å². The average Bonchev–Trinajstić information content (AvgIpc) is 2.64. The van der Waals surface area contributed by atoms with Crippen LogP contribution >= 0.6 is 11.3 Å². The van der Waals surface area contributed by atoms with Crippen LogP contribution in [0, 0.1) is 6.92 Å². The minimum absolute atomic E-state index is 0.159. The van der Waals surface area contributed by atoms with Crippen molar-refractivity contribution in [3.05, 3.63) is 16.1 Å². The molecule has 0 fully saturated rings. The van der Waals surface area contributed by atoms with Gasteiger partial charge in [-0.15, -0.1) is 11.3 Å². The molecule has 0 spiro atoms. The van der Waals surface area contributed by atoms with E-state index in [0.717, 1.165) is 11.6 Å². The average molecular weight is 274 g/mol. The normalized spacial score (nSPS) is 16.2. The Balaban J connectivity index is 2.92. The molecule has 1 rings (SSSR count). The van der Waals surface area contributed by atoms with E-state index >= 15 is 0 Å². The zero-order chi connectivity index (χ0) is 13.2. The Morgan fingerprint density at radius 3 is 2.47 bits per heavy atom. The summed E-state index contributed by atoms with van der Waals surface area (Å²) in [4.78, 5) is 5.45. The third-order valence-electron chi connectivity index (χ3n) is 2.53. The van der Waals surface area contributed by atoms with Gasteiger partial charge in [0.15, 0.2) is 0 Å². The summed E-state index contributed by atoms with van der Waals surface area (Å²) < 4.78 is 14.3. The Hall–Kier alpha value is -0.260. The molecule has 0 amide bonds. The monoisotopic (exact) mass is 274 g/mol. The van der Waals surface area contributed by atoms with Crippen LogP contribution < -0.4 is 0 Å². The number of aryl methyl sites for hydroxylation is 1. The molecule has 0 radical (unpaired) electrons. The maximum absolute atomic E-state index is 12.4. The molecule has 5 heteroatoms. The lowest BCUT2D eigenvalue weighted by molar-refractivity contribution is 0.376. The van der Waals surface area contributed by atoms with Gasteiger partial charge in [-0.25, -0.2) is 13.5 Å². The van der Waals surface area contributed by atoms with Gasteiger partial charge < -0.3 is 0 Å². The molecule has 0 aliphatic carbocycles. The van der Waals surface area contributed by atoms with E-state index in [-0.39, 0.29) is 10.8 Å². The van der Waals surface area contributed by atoms with E-state index in [9.17, 15) is 4.21 Å². The quantitative estimate of drug-likeness (QED) is 0.844. The van der Waals surface area contributed by atoms with E-state index in [1.165, 1.54) is 4.88 Å². The number of nitrogens with zero attached hydrogens (tertiary/aromatic N) is 2. The van der Waals surface area contributed by atoms with Crippen LogP contribution in [0.4, 0.5) is 0 Å². The Morgan fingerprint density at radius 1 is 1.53 bits per heavy atom. The highest BCUT2D eigenvalue weighted by Crippen LogP contribution is 2.29. The predicted octanol–water partition coefficient (Wildman–Crippen LogP) is 3.30. The summed E-state index contributed by atoms with van der Waals surface area (Å²) in [5, 5.41) is 1.06. The number of hydrogen-bond donors (Lipinski definition) is 0. The SMILES string of the molecule is CCN(C(C)c1cnc(C)s1)S(=O)C(C)(C)C. The summed E-state index contributed by atoms with van der Waals surface area (Å²) in [5.74, 6) is 0. The molecule has 17 heavy (non-hydrogen) atoms. The summed E-state index contributed by atoms with van der Waals surface area (Å²) in [5.41, 5.74) is 0. The van der Waals surface area contributed by atoms with Crippen molar-refractivity contribution in [2.75, 3.05) is 6.54 Å². The number of thiazole rings is 1. The fourth-order valence-corrected chi connectivity index (χ4v) is 3.85. The van der Waals surface area contributed by atoms with Gasteiger partial charge in [0, 0.05) is 17.6 Å². The standard InChI is InChI=1S/C12H22N2OS2/c1-7-14(17(15)12(4,5)6)9(2)11-8-13-10(3)16-11/h8-9H,7H2,1-6H3. The molecule has 3 nitrogen and oxygen atoms in total. The molecule has 0 aliphatic heterocycles. The molecule has 0 bridgehead atoms. The van der Waals surface area contributed by atoms with Crippen molar-refractivity contribution < 1.29 is 4.21 Å². The van der Waals surface area contributed by atoms with E-state index in [2.05, 4.69) is 11.9 Å². The van der Waals surface area contributed by atoms with E-state index < -0.39 is 11.0 Å². The van der Waals surface area contributed by atoms with Gasteiger partial charge in [-0.3, -0.25) is 0 Å². The van der Waals surface area contributed by atoms with E-state index in [0.29, 0.717) is 0 Å². The minimum atomic E-state index is -0.984. The molecule has 98 valence electrons. The number of rotatable bonds is 4. The molecule has 2 atom stereocenters. The Kier molecular flexibility index (Phi) is 4.86. The zero-order valence-corrected chi connectivity index (χ0v) is 13.1. The van der Waals surface area contributed by atoms with Gasteiger partial charge in [0.05, 0.1) is 15.8 Å². The van der Waals surface area contributed by atoms with Crippen molar-refractivity contribution in [3.63, 3.8) is 0 Å². The summed E-state index contributed by atoms with van der Waals surface area (Å²) in [6.07, 6.45) is 1.90. The first-order chi connectivity index (χ1) is 7.77. The molecular formula is C12H22N2OS2. The van der Waals surface area contributed by atoms with Crippen molar-refractivity contribution >= 4 is 22.3 Å². The summed E-state index contributed by atoms with van der Waals surface area (Å²) in [6.45, 7) is 13.0. The van der Waals surface area contributed by atoms with E-state index in [4.69, 9.17) is 0 Å². The lowest BCUT2D eigenvalue weighted by Gasteiger charge is -2.31. The fraction of sp³-hybridized carbons (Fsp3) is 0.750. The molecular weight excluding hydrogens is 252 g/mol. The van der Waals surface area contributed by atoms with E-state index in [1.54, 1.807) is 11.3 Å². The Bertz CT molecular complexity index is 395. The topological polar surface area (TPSA) is 33.2 Å². The van der Waals surface area contributed by atoms with Gasteiger partial charge in [0.1, 0.15) is 11.0 Å². The van der Waals surface area contributed by atoms with Crippen LogP contribution in [-0.4, -0.2) is 24.8 Å². The molecule has 0 aliphatic rings. The molecule has 0 saturated carbocycles. The maximum Gasteiger partial charge on any atom is 0.100 e.